The monoisotopic (exact) mass is 577 g/mol. The highest BCUT2D eigenvalue weighted by Gasteiger charge is 2.45. The Balaban J connectivity index is 1.85. The van der Waals surface area contributed by atoms with Crippen molar-refractivity contribution in [1.82, 2.24) is 4.90 Å². The highest BCUT2D eigenvalue weighted by atomic mass is 16.6. The van der Waals surface area contributed by atoms with Gasteiger partial charge in [0.1, 0.15) is 5.60 Å². The first kappa shape index (κ1) is 33.0. The van der Waals surface area contributed by atoms with Crippen molar-refractivity contribution in [3.05, 3.63) is 60.7 Å². The van der Waals surface area contributed by atoms with Gasteiger partial charge in [-0.25, -0.2) is 0 Å². The van der Waals surface area contributed by atoms with Crippen LogP contribution in [0.5, 0.6) is 0 Å². The lowest BCUT2D eigenvalue weighted by Gasteiger charge is -2.35. The van der Waals surface area contributed by atoms with Crippen LogP contribution < -0.4 is 0 Å². The van der Waals surface area contributed by atoms with Crippen LogP contribution in [0.4, 0.5) is 0 Å². The highest BCUT2D eigenvalue weighted by Crippen LogP contribution is 2.36. The van der Waals surface area contributed by atoms with Crippen molar-refractivity contribution in [3.63, 3.8) is 0 Å². The number of ether oxygens (including phenoxy) is 2. The van der Waals surface area contributed by atoms with Crippen LogP contribution in [-0.4, -0.2) is 53.8 Å². The van der Waals surface area contributed by atoms with Gasteiger partial charge in [0.05, 0.1) is 31.4 Å². The zero-order valence-electron chi connectivity index (χ0n) is 26.3. The quantitative estimate of drug-likeness (QED) is 0.229. The van der Waals surface area contributed by atoms with Crippen molar-refractivity contribution in [2.24, 2.45) is 23.2 Å². The molecule has 0 saturated carbocycles. The second kappa shape index (κ2) is 13.7. The molecule has 0 N–H and O–H groups in total. The van der Waals surface area contributed by atoms with Crippen LogP contribution in [0.1, 0.15) is 72.8 Å². The van der Waals surface area contributed by atoms with Gasteiger partial charge in [-0.3, -0.25) is 19.2 Å². The first-order chi connectivity index (χ1) is 19.6. The minimum atomic E-state index is -0.685. The molecule has 228 valence electrons. The Bertz CT molecular complexity index is 1300. The van der Waals surface area contributed by atoms with Crippen LogP contribution in [0, 0.1) is 23.2 Å². The van der Waals surface area contributed by atoms with Crippen LogP contribution in [0.15, 0.2) is 55.1 Å². The molecular formula is C35H47NO6. The lowest BCUT2D eigenvalue weighted by atomic mass is 9.77. The van der Waals surface area contributed by atoms with E-state index in [0.717, 1.165) is 16.3 Å². The minimum Gasteiger partial charge on any atom is -0.469 e. The smallest absolute Gasteiger partial charge is 0.309 e. The van der Waals surface area contributed by atoms with E-state index in [4.69, 9.17) is 9.47 Å². The Labute approximate surface area is 250 Å². The van der Waals surface area contributed by atoms with Crippen LogP contribution in [0.2, 0.25) is 0 Å². The SMILES string of the molecule is C=CC[C@H]1CC(C(=O)CC(Cc2ccc3ccccc3c2)C(=O)OC)N(C(=O)[C@@H](CC(=O)OC(C)(C)C)C(C)(C)C)C1. The maximum atomic E-state index is 14.1. The Morgan fingerprint density at radius 2 is 1.67 bits per heavy atom. The molecule has 1 amide bonds. The van der Waals surface area contributed by atoms with Crippen molar-refractivity contribution in [1.29, 1.82) is 0 Å². The lowest BCUT2D eigenvalue weighted by Crippen LogP contribution is -2.48. The predicted octanol–water partition coefficient (Wildman–Crippen LogP) is 6.32. The predicted molar refractivity (Wildman–Crippen MR) is 165 cm³/mol. The molecule has 1 aliphatic heterocycles. The van der Waals surface area contributed by atoms with Crippen LogP contribution in [0.3, 0.4) is 0 Å². The average Bonchev–Trinajstić information content (AvgIpc) is 3.33. The van der Waals surface area contributed by atoms with Crippen LogP contribution >= 0.6 is 0 Å². The van der Waals surface area contributed by atoms with E-state index in [2.05, 4.69) is 6.58 Å². The van der Waals surface area contributed by atoms with E-state index >= 15 is 0 Å². The number of hydrogen-bond acceptors (Lipinski definition) is 6. The van der Waals surface area contributed by atoms with E-state index in [-0.39, 0.29) is 30.4 Å². The van der Waals surface area contributed by atoms with Gasteiger partial charge < -0.3 is 14.4 Å². The number of hydrogen-bond donors (Lipinski definition) is 0. The Kier molecular flexibility index (Phi) is 10.7. The summed E-state index contributed by atoms with van der Waals surface area (Å²) in [5.41, 5.74) is -0.272. The summed E-state index contributed by atoms with van der Waals surface area (Å²) < 4.78 is 10.6. The molecular weight excluding hydrogens is 530 g/mol. The van der Waals surface area contributed by atoms with Gasteiger partial charge in [-0.2, -0.15) is 0 Å². The van der Waals surface area contributed by atoms with Gasteiger partial charge in [-0.15, -0.1) is 6.58 Å². The number of esters is 2. The fourth-order valence-corrected chi connectivity index (χ4v) is 5.83. The topological polar surface area (TPSA) is 90.0 Å². The van der Waals surface area contributed by atoms with Gasteiger partial charge in [0.15, 0.2) is 5.78 Å². The summed E-state index contributed by atoms with van der Waals surface area (Å²) in [4.78, 5) is 55.3. The summed E-state index contributed by atoms with van der Waals surface area (Å²) in [6, 6.07) is 13.3. The van der Waals surface area contributed by atoms with Gasteiger partial charge in [0, 0.05) is 13.0 Å². The molecule has 2 unspecified atom stereocenters. The van der Waals surface area contributed by atoms with Gasteiger partial charge >= 0.3 is 11.9 Å². The first-order valence-corrected chi connectivity index (χ1v) is 14.8. The van der Waals surface area contributed by atoms with E-state index in [1.165, 1.54) is 7.11 Å². The van der Waals surface area contributed by atoms with Crippen molar-refractivity contribution >= 4 is 34.4 Å². The molecule has 0 radical (unpaired) electrons. The summed E-state index contributed by atoms with van der Waals surface area (Å²) in [7, 11) is 1.33. The number of allylic oxidation sites excluding steroid dienone is 1. The zero-order chi connectivity index (χ0) is 31.2. The fourth-order valence-electron chi connectivity index (χ4n) is 5.83. The summed E-state index contributed by atoms with van der Waals surface area (Å²) in [5.74, 6) is -2.58. The molecule has 0 aliphatic carbocycles. The Morgan fingerprint density at radius 1 is 1.00 bits per heavy atom. The number of rotatable bonds is 11. The van der Waals surface area contributed by atoms with Crippen molar-refractivity contribution in [3.8, 4) is 0 Å². The number of ketones is 1. The summed E-state index contributed by atoms with van der Waals surface area (Å²) in [6.45, 7) is 15.4. The molecule has 1 fully saturated rings. The molecule has 0 bridgehead atoms. The van der Waals surface area contributed by atoms with Gasteiger partial charge in [0.25, 0.3) is 0 Å². The second-order valence-electron chi connectivity index (χ2n) is 13.6. The van der Waals surface area contributed by atoms with Gasteiger partial charge in [0.2, 0.25) is 5.91 Å². The van der Waals surface area contributed by atoms with Crippen LogP contribution in [-0.2, 0) is 35.1 Å². The average molecular weight is 578 g/mol. The number of Topliss-reactive ketones (excluding diaryl/α,β-unsaturated/α-hetero) is 1. The number of carbonyl (C=O) groups excluding carboxylic acids is 4. The summed E-state index contributed by atoms with van der Waals surface area (Å²) in [5, 5.41) is 2.16. The van der Waals surface area contributed by atoms with E-state index in [1.807, 2.05) is 63.2 Å². The molecule has 0 aromatic heterocycles. The Morgan fingerprint density at radius 3 is 2.26 bits per heavy atom. The molecule has 2 aromatic rings. The molecule has 7 heteroatoms. The molecule has 7 nitrogen and oxygen atoms in total. The minimum absolute atomic E-state index is 0.0407. The summed E-state index contributed by atoms with van der Waals surface area (Å²) >= 11 is 0. The number of amides is 1. The lowest BCUT2D eigenvalue weighted by molar-refractivity contribution is -0.161. The van der Waals surface area contributed by atoms with Gasteiger partial charge in [-0.1, -0.05) is 69.3 Å². The van der Waals surface area contributed by atoms with Gasteiger partial charge in [-0.05, 0) is 67.7 Å². The largest absolute Gasteiger partial charge is 0.469 e. The van der Waals surface area contributed by atoms with E-state index in [0.29, 0.717) is 25.8 Å². The molecule has 4 atom stereocenters. The zero-order valence-corrected chi connectivity index (χ0v) is 26.3. The third kappa shape index (κ3) is 8.76. The normalized spacial score (nSPS) is 18.8. The molecule has 42 heavy (non-hydrogen) atoms. The van der Waals surface area contributed by atoms with E-state index < -0.39 is 40.8 Å². The number of benzene rings is 2. The number of nitrogens with zero attached hydrogens (tertiary/aromatic N) is 1. The Hall–Kier alpha value is -3.48. The number of likely N-dealkylation sites (tertiary alicyclic amines) is 1. The molecule has 0 spiro atoms. The molecule has 1 aliphatic rings. The van der Waals surface area contributed by atoms with E-state index in [9.17, 15) is 19.2 Å². The highest BCUT2D eigenvalue weighted by molar-refractivity contribution is 5.94. The third-order valence-corrected chi connectivity index (χ3v) is 7.95. The van der Waals surface area contributed by atoms with Crippen molar-refractivity contribution in [2.45, 2.75) is 85.3 Å². The van der Waals surface area contributed by atoms with Crippen molar-refractivity contribution in [2.75, 3.05) is 13.7 Å². The van der Waals surface area contributed by atoms with Crippen molar-refractivity contribution < 1.29 is 28.7 Å². The molecule has 3 rings (SSSR count). The third-order valence-electron chi connectivity index (χ3n) is 7.95. The van der Waals surface area contributed by atoms with Crippen LogP contribution in [0.25, 0.3) is 10.8 Å². The molecule has 2 aromatic carbocycles. The maximum Gasteiger partial charge on any atom is 0.309 e. The number of fused-ring (bicyclic) bond motifs is 1. The second-order valence-corrected chi connectivity index (χ2v) is 13.6. The summed E-state index contributed by atoms with van der Waals surface area (Å²) in [6.07, 6.45) is 3.19. The number of methoxy groups -OCH3 is 1. The molecule has 1 heterocycles. The molecule has 1 saturated heterocycles. The van der Waals surface area contributed by atoms with E-state index in [1.54, 1.807) is 31.7 Å². The maximum absolute atomic E-state index is 14.1. The fraction of sp³-hybridized carbons (Fsp3) is 0.543. The standard InChI is InChI=1S/C35H47NO6/c1-9-12-24-19-29(36(22-24)32(39)28(34(2,3)4)21-31(38)42-35(5,6)7)30(37)20-27(33(40)41-8)18-23-15-16-25-13-10-11-14-26(25)17-23/h9-11,13-17,24,27-29H,1,12,18-22H2,2-8H3/t24-,27?,28+,29?/m0/s1. The number of carbonyl (C=O) groups is 4. The first-order valence-electron chi connectivity index (χ1n) is 14.8.